The molecule has 0 unspecified atom stereocenters. The number of benzene rings is 2. The lowest BCUT2D eigenvalue weighted by Crippen LogP contribution is -2.17. The van der Waals surface area contributed by atoms with E-state index in [0.29, 0.717) is 11.1 Å². The second-order valence-corrected chi connectivity index (χ2v) is 4.33. The molecule has 0 aliphatic heterocycles. The molecular weight excluding hydrogens is 284 g/mol. The predicted molar refractivity (Wildman–Crippen MR) is 80.9 cm³/mol. The first-order valence-electron chi connectivity index (χ1n) is 6.41. The van der Waals surface area contributed by atoms with Crippen LogP contribution >= 0.6 is 0 Å². The highest BCUT2D eigenvalue weighted by Gasteiger charge is 2.08. The number of amides is 1. The second kappa shape index (κ2) is 7.03. The van der Waals surface area contributed by atoms with Gasteiger partial charge in [-0.05, 0) is 29.8 Å². The van der Waals surface area contributed by atoms with Gasteiger partial charge in [0.1, 0.15) is 5.75 Å². The van der Waals surface area contributed by atoms with Crippen LogP contribution in [0.3, 0.4) is 0 Å². The zero-order valence-corrected chi connectivity index (χ0v) is 11.8. The summed E-state index contributed by atoms with van der Waals surface area (Å²) in [5, 5.41) is 13.3. The van der Waals surface area contributed by atoms with Crippen molar-refractivity contribution in [2.24, 2.45) is 5.10 Å². The zero-order valence-electron chi connectivity index (χ0n) is 11.8. The fourth-order valence-electron chi connectivity index (χ4n) is 1.71. The largest absolute Gasteiger partial charge is 0.507 e. The minimum absolute atomic E-state index is 0.113. The molecular formula is C16H14N2O4. The molecule has 2 aromatic carbocycles. The van der Waals surface area contributed by atoms with E-state index < -0.39 is 11.9 Å². The summed E-state index contributed by atoms with van der Waals surface area (Å²) in [5.74, 6) is -1.05. The quantitative estimate of drug-likeness (QED) is 0.513. The summed E-state index contributed by atoms with van der Waals surface area (Å²) < 4.78 is 4.60. The first kappa shape index (κ1) is 15.2. The lowest BCUT2D eigenvalue weighted by Gasteiger charge is -2.02. The molecule has 0 fully saturated rings. The van der Waals surface area contributed by atoms with Crippen LogP contribution in [0.4, 0.5) is 0 Å². The van der Waals surface area contributed by atoms with Crippen molar-refractivity contribution in [2.45, 2.75) is 0 Å². The van der Waals surface area contributed by atoms with E-state index >= 15 is 0 Å². The number of carbonyl (C=O) groups is 2. The van der Waals surface area contributed by atoms with Crippen LogP contribution in [0.2, 0.25) is 0 Å². The molecule has 0 atom stereocenters. The molecule has 2 aromatic rings. The smallest absolute Gasteiger partial charge is 0.337 e. The van der Waals surface area contributed by atoms with Crippen LogP contribution in [-0.2, 0) is 4.74 Å². The SMILES string of the molecule is COC(=O)c1ccc(/C=N/NC(=O)c2ccccc2O)cc1. The van der Waals surface area contributed by atoms with Crippen molar-refractivity contribution in [3.05, 3.63) is 65.2 Å². The number of ether oxygens (including phenoxy) is 1. The first-order chi connectivity index (χ1) is 10.6. The Balaban J connectivity index is 1.99. The Kier molecular flexibility index (Phi) is 4.87. The average molecular weight is 298 g/mol. The van der Waals surface area contributed by atoms with E-state index in [1.807, 2.05) is 0 Å². The number of nitrogens with one attached hydrogen (secondary N) is 1. The Morgan fingerprint density at radius 1 is 1.14 bits per heavy atom. The van der Waals surface area contributed by atoms with Crippen molar-refractivity contribution >= 4 is 18.1 Å². The molecule has 6 heteroatoms. The number of hydrogen-bond acceptors (Lipinski definition) is 5. The van der Waals surface area contributed by atoms with Crippen LogP contribution in [0.5, 0.6) is 5.75 Å². The fourth-order valence-corrected chi connectivity index (χ4v) is 1.71. The lowest BCUT2D eigenvalue weighted by atomic mass is 10.1. The Bertz CT molecular complexity index is 708. The minimum Gasteiger partial charge on any atom is -0.507 e. The standard InChI is InChI=1S/C16H14N2O4/c1-22-16(21)12-8-6-11(7-9-12)10-17-18-15(20)13-4-2-3-5-14(13)19/h2-10,19H,1H3,(H,18,20)/b17-10+. The highest BCUT2D eigenvalue weighted by molar-refractivity contribution is 5.97. The number of methoxy groups -OCH3 is 1. The average Bonchev–Trinajstić information content (AvgIpc) is 2.55. The molecule has 6 nitrogen and oxygen atoms in total. The fraction of sp³-hybridized carbons (Fsp3) is 0.0625. The number of para-hydroxylation sites is 1. The number of aromatic hydroxyl groups is 1. The normalized spacial score (nSPS) is 10.4. The molecule has 0 aliphatic rings. The van der Waals surface area contributed by atoms with Gasteiger partial charge in [-0.3, -0.25) is 4.79 Å². The van der Waals surface area contributed by atoms with E-state index in [-0.39, 0.29) is 11.3 Å². The third-order valence-electron chi connectivity index (χ3n) is 2.86. The molecule has 0 radical (unpaired) electrons. The first-order valence-corrected chi connectivity index (χ1v) is 6.41. The number of esters is 1. The molecule has 0 bridgehead atoms. The monoisotopic (exact) mass is 298 g/mol. The van der Waals surface area contributed by atoms with Crippen molar-refractivity contribution in [2.75, 3.05) is 7.11 Å². The zero-order chi connectivity index (χ0) is 15.9. The second-order valence-electron chi connectivity index (χ2n) is 4.33. The van der Waals surface area contributed by atoms with Gasteiger partial charge in [-0.25, -0.2) is 10.2 Å². The summed E-state index contributed by atoms with van der Waals surface area (Å²) in [6.45, 7) is 0. The maximum absolute atomic E-state index is 11.8. The van der Waals surface area contributed by atoms with Gasteiger partial charge in [0.15, 0.2) is 0 Å². The van der Waals surface area contributed by atoms with E-state index in [9.17, 15) is 14.7 Å². The van der Waals surface area contributed by atoms with Gasteiger partial charge in [0.25, 0.3) is 5.91 Å². The van der Waals surface area contributed by atoms with Gasteiger partial charge in [0.2, 0.25) is 0 Å². The molecule has 0 aliphatic carbocycles. The molecule has 2 rings (SSSR count). The maximum atomic E-state index is 11.8. The van der Waals surface area contributed by atoms with Gasteiger partial charge < -0.3 is 9.84 Å². The van der Waals surface area contributed by atoms with Gasteiger partial charge in [0.05, 0.1) is 24.5 Å². The summed E-state index contributed by atoms with van der Waals surface area (Å²) in [7, 11) is 1.31. The molecule has 0 spiro atoms. The molecule has 0 saturated carbocycles. The molecule has 22 heavy (non-hydrogen) atoms. The Morgan fingerprint density at radius 3 is 2.45 bits per heavy atom. The van der Waals surface area contributed by atoms with Gasteiger partial charge in [-0.1, -0.05) is 24.3 Å². The maximum Gasteiger partial charge on any atom is 0.337 e. The summed E-state index contributed by atoms with van der Waals surface area (Å²) in [6, 6.07) is 12.7. The highest BCUT2D eigenvalue weighted by Crippen LogP contribution is 2.14. The number of phenolic OH excluding ortho intramolecular Hbond substituents is 1. The van der Waals surface area contributed by atoms with Gasteiger partial charge in [0, 0.05) is 0 Å². The summed E-state index contributed by atoms with van der Waals surface area (Å²) in [4.78, 5) is 23.1. The van der Waals surface area contributed by atoms with Crippen molar-refractivity contribution in [1.82, 2.24) is 5.43 Å². The van der Waals surface area contributed by atoms with E-state index in [2.05, 4.69) is 15.3 Å². The van der Waals surface area contributed by atoms with Crippen LogP contribution in [-0.4, -0.2) is 30.3 Å². The van der Waals surface area contributed by atoms with E-state index in [1.54, 1.807) is 36.4 Å². The number of phenols is 1. The molecule has 1 amide bonds. The van der Waals surface area contributed by atoms with Crippen molar-refractivity contribution in [3.8, 4) is 5.75 Å². The van der Waals surface area contributed by atoms with E-state index in [4.69, 9.17) is 0 Å². The summed E-state index contributed by atoms with van der Waals surface area (Å²) >= 11 is 0. The Labute approximate surface area is 127 Å². The molecule has 0 aromatic heterocycles. The van der Waals surface area contributed by atoms with Gasteiger partial charge >= 0.3 is 5.97 Å². The van der Waals surface area contributed by atoms with Crippen molar-refractivity contribution in [1.29, 1.82) is 0 Å². The van der Waals surface area contributed by atoms with Crippen molar-refractivity contribution < 1.29 is 19.4 Å². The Hall–Kier alpha value is -3.15. The number of nitrogens with zero attached hydrogens (tertiary/aromatic N) is 1. The van der Waals surface area contributed by atoms with Crippen LogP contribution in [0.1, 0.15) is 26.3 Å². The van der Waals surface area contributed by atoms with Crippen LogP contribution < -0.4 is 5.43 Å². The molecule has 0 saturated heterocycles. The minimum atomic E-state index is -0.513. The third kappa shape index (κ3) is 3.69. The lowest BCUT2D eigenvalue weighted by molar-refractivity contribution is 0.0600. The molecule has 2 N–H and O–H groups in total. The van der Waals surface area contributed by atoms with E-state index in [0.717, 1.165) is 0 Å². The highest BCUT2D eigenvalue weighted by atomic mass is 16.5. The van der Waals surface area contributed by atoms with E-state index in [1.165, 1.54) is 25.5 Å². The van der Waals surface area contributed by atoms with Crippen molar-refractivity contribution in [3.63, 3.8) is 0 Å². The Morgan fingerprint density at radius 2 is 1.82 bits per heavy atom. The third-order valence-corrected chi connectivity index (χ3v) is 2.86. The molecule has 112 valence electrons. The number of carbonyl (C=O) groups excluding carboxylic acids is 2. The van der Waals surface area contributed by atoms with Crippen LogP contribution in [0, 0.1) is 0 Å². The molecule has 0 heterocycles. The van der Waals surface area contributed by atoms with Gasteiger partial charge in [-0.2, -0.15) is 5.10 Å². The summed E-state index contributed by atoms with van der Waals surface area (Å²) in [5.41, 5.74) is 3.58. The van der Waals surface area contributed by atoms with Crippen LogP contribution in [0.25, 0.3) is 0 Å². The topological polar surface area (TPSA) is 88.0 Å². The van der Waals surface area contributed by atoms with Crippen LogP contribution in [0.15, 0.2) is 53.6 Å². The number of rotatable bonds is 4. The van der Waals surface area contributed by atoms with Gasteiger partial charge in [-0.15, -0.1) is 0 Å². The number of hydrazone groups is 1. The summed E-state index contributed by atoms with van der Waals surface area (Å²) in [6.07, 6.45) is 1.43. The number of hydrogen-bond donors (Lipinski definition) is 2. The predicted octanol–water partition coefficient (Wildman–Crippen LogP) is 1.94.